The van der Waals surface area contributed by atoms with Crippen molar-refractivity contribution in [2.24, 2.45) is 17.8 Å². The van der Waals surface area contributed by atoms with Gasteiger partial charge in [0.05, 0.1) is 12.0 Å². The van der Waals surface area contributed by atoms with E-state index >= 15 is 0 Å². The summed E-state index contributed by atoms with van der Waals surface area (Å²) in [5.41, 5.74) is 0. The average Bonchev–Trinajstić information content (AvgIpc) is 2.36. The minimum Gasteiger partial charge on any atom is -0.352 e. The van der Waals surface area contributed by atoms with E-state index in [0.717, 1.165) is 12.8 Å². The minimum absolute atomic E-state index is 0.0338. The number of alkyl halides is 3. The van der Waals surface area contributed by atoms with E-state index in [1.165, 1.54) is 6.42 Å². The van der Waals surface area contributed by atoms with Crippen LogP contribution in [0.15, 0.2) is 0 Å². The summed E-state index contributed by atoms with van der Waals surface area (Å²) in [4.78, 5) is 12.2. The Morgan fingerprint density at radius 3 is 2.19 bits per heavy atom. The number of carbonyl (C=O) groups is 1. The minimum atomic E-state index is -4.16. The Morgan fingerprint density at radius 1 is 1.10 bits per heavy atom. The van der Waals surface area contributed by atoms with Crippen molar-refractivity contribution in [2.45, 2.75) is 64.2 Å². The Labute approximate surface area is 124 Å². The first-order valence-corrected chi connectivity index (χ1v) is 7.86. The summed E-state index contributed by atoms with van der Waals surface area (Å²) in [6.45, 7) is 4.21. The molecule has 0 aromatic carbocycles. The number of hydrogen-bond acceptors (Lipinski definition) is 2. The summed E-state index contributed by atoms with van der Waals surface area (Å²) < 4.78 is 37.8. The Morgan fingerprint density at radius 2 is 1.71 bits per heavy atom. The number of hydrogen-bond donors (Lipinski definition) is 2. The fourth-order valence-electron chi connectivity index (χ4n) is 3.73. The Hall–Kier alpha value is -0.780. The van der Waals surface area contributed by atoms with Crippen molar-refractivity contribution >= 4 is 5.91 Å². The molecule has 0 aromatic rings. The topological polar surface area (TPSA) is 41.1 Å². The third-order valence-electron chi connectivity index (χ3n) is 4.72. The third-order valence-corrected chi connectivity index (χ3v) is 4.72. The largest absolute Gasteiger partial charge is 0.393 e. The first-order valence-electron chi connectivity index (χ1n) is 7.86. The SMILES string of the molecule is CC1CC(C)CC(NC(=O)C2CCC(C(F)(F)F)CN2)C1. The Balaban J connectivity index is 1.80. The van der Waals surface area contributed by atoms with Crippen molar-refractivity contribution in [2.75, 3.05) is 6.54 Å². The zero-order valence-electron chi connectivity index (χ0n) is 12.7. The van der Waals surface area contributed by atoms with Crippen LogP contribution in [0, 0.1) is 17.8 Å². The lowest BCUT2D eigenvalue weighted by Crippen LogP contribution is -2.53. The van der Waals surface area contributed by atoms with E-state index in [1.54, 1.807) is 0 Å². The van der Waals surface area contributed by atoms with Crippen molar-refractivity contribution in [3.05, 3.63) is 0 Å². The number of carbonyl (C=O) groups excluding carboxylic acids is 1. The van der Waals surface area contributed by atoms with E-state index in [1.807, 2.05) is 0 Å². The van der Waals surface area contributed by atoms with Gasteiger partial charge in [-0.05, 0) is 43.9 Å². The monoisotopic (exact) mass is 306 g/mol. The molecule has 21 heavy (non-hydrogen) atoms. The molecular formula is C15H25F3N2O. The summed E-state index contributed by atoms with van der Waals surface area (Å²) in [5.74, 6) is -0.279. The molecule has 2 N–H and O–H groups in total. The van der Waals surface area contributed by atoms with Crippen molar-refractivity contribution in [1.82, 2.24) is 10.6 Å². The predicted octanol–water partition coefficient (Wildman–Crippen LogP) is 2.86. The highest BCUT2D eigenvalue weighted by atomic mass is 19.4. The predicted molar refractivity (Wildman–Crippen MR) is 74.7 cm³/mol. The fraction of sp³-hybridized carbons (Fsp3) is 0.933. The summed E-state index contributed by atoms with van der Waals surface area (Å²) in [5, 5.41) is 5.78. The number of rotatable bonds is 2. The summed E-state index contributed by atoms with van der Waals surface area (Å²) in [7, 11) is 0. The maximum absolute atomic E-state index is 12.6. The van der Waals surface area contributed by atoms with Crippen LogP contribution in [0.4, 0.5) is 13.2 Å². The molecule has 1 aliphatic carbocycles. The van der Waals surface area contributed by atoms with Crippen LogP contribution in [0.5, 0.6) is 0 Å². The van der Waals surface area contributed by atoms with Gasteiger partial charge < -0.3 is 10.6 Å². The van der Waals surface area contributed by atoms with Gasteiger partial charge in [-0.3, -0.25) is 4.79 Å². The number of halogens is 3. The molecule has 0 spiro atoms. The Kier molecular flexibility index (Phi) is 5.17. The van der Waals surface area contributed by atoms with Gasteiger partial charge in [0, 0.05) is 12.6 Å². The number of nitrogens with one attached hydrogen (secondary N) is 2. The van der Waals surface area contributed by atoms with Crippen molar-refractivity contribution in [1.29, 1.82) is 0 Å². The molecule has 1 heterocycles. The lowest BCUT2D eigenvalue weighted by atomic mass is 9.80. The first kappa shape index (κ1) is 16.6. The van der Waals surface area contributed by atoms with Crippen molar-refractivity contribution in [3.8, 4) is 0 Å². The second-order valence-electron chi connectivity index (χ2n) is 6.90. The molecule has 122 valence electrons. The van der Waals surface area contributed by atoms with Gasteiger partial charge in [0.1, 0.15) is 0 Å². The van der Waals surface area contributed by atoms with Crippen molar-refractivity contribution in [3.63, 3.8) is 0 Å². The molecule has 2 fully saturated rings. The van der Waals surface area contributed by atoms with Crippen LogP contribution in [0.25, 0.3) is 0 Å². The highest BCUT2D eigenvalue weighted by Gasteiger charge is 2.42. The van der Waals surface area contributed by atoms with Gasteiger partial charge in [0.15, 0.2) is 0 Å². The van der Waals surface area contributed by atoms with Crippen molar-refractivity contribution < 1.29 is 18.0 Å². The molecule has 1 saturated carbocycles. The molecule has 3 nitrogen and oxygen atoms in total. The number of amides is 1. The van der Waals surface area contributed by atoms with Gasteiger partial charge in [0.2, 0.25) is 5.91 Å². The van der Waals surface area contributed by atoms with Crippen LogP contribution in [0.3, 0.4) is 0 Å². The summed E-state index contributed by atoms with van der Waals surface area (Å²) in [6, 6.07) is -0.311. The van der Waals surface area contributed by atoms with Gasteiger partial charge in [-0.2, -0.15) is 13.2 Å². The fourth-order valence-corrected chi connectivity index (χ4v) is 3.73. The normalized spacial score (nSPS) is 38.0. The lowest BCUT2D eigenvalue weighted by molar-refractivity contribution is -0.180. The molecule has 6 heteroatoms. The van der Waals surface area contributed by atoms with E-state index in [4.69, 9.17) is 0 Å². The standard InChI is InChI=1S/C15H25F3N2O/c1-9-5-10(2)7-12(6-9)20-14(21)13-4-3-11(8-19-13)15(16,17)18/h9-13,19H,3-8H2,1-2H3,(H,20,21). The van der Waals surface area contributed by atoms with Crippen LogP contribution in [0.2, 0.25) is 0 Å². The van der Waals surface area contributed by atoms with E-state index in [-0.39, 0.29) is 31.3 Å². The van der Waals surface area contributed by atoms with Gasteiger partial charge in [-0.1, -0.05) is 13.8 Å². The molecular weight excluding hydrogens is 281 g/mol. The van der Waals surface area contributed by atoms with Crippen LogP contribution < -0.4 is 10.6 Å². The molecule has 0 aromatic heterocycles. The zero-order chi connectivity index (χ0) is 15.6. The van der Waals surface area contributed by atoms with E-state index in [0.29, 0.717) is 11.8 Å². The molecule has 0 bridgehead atoms. The molecule has 1 aliphatic heterocycles. The molecule has 2 rings (SSSR count). The van der Waals surface area contributed by atoms with E-state index in [2.05, 4.69) is 24.5 Å². The van der Waals surface area contributed by atoms with Crippen LogP contribution >= 0.6 is 0 Å². The van der Waals surface area contributed by atoms with Crippen LogP contribution in [-0.4, -0.2) is 30.7 Å². The second-order valence-corrected chi connectivity index (χ2v) is 6.90. The van der Waals surface area contributed by atoms with Crippen LogP contribution in [-0.2, 0) is 4.79 Å². The third kappa shape index (κ3) is 4.59. The number of piperidine rings is 1. The zero-order valence-corrected chi connectivity index (χ0v) is 12.7. The summed E-state index contributed by atoms with van der Waals surface area (Å²) >= 11 is 0. The maximum Gasteiger partial charge on any atom is 0.393 e. The quantitative estimate of drug-likeness (QED) is 0.823. The molecule has 4 unspecified atom stereocenters. The van der Waals surface area contributed by atoms with E-state index < -0.39 is 18.1 Å². The van der Waals surface area contributed by atoms with E-state index in [9.17, 15) is 18.0 Å². The van der Waals surface area contributed by atoms with Crippen LogP contribution in [0.1, 0.15) is 46.0 Å². The molecule has 1 amide bonds. The van der Waals surface area contributed by atoms with Gasteiger partial charge >= 0.3 is 6.18 Å². The van der Waals surface area contributed by atoms with Gasteiger partial charge in [-0.25, -0.2) is 0 Å². The van der Waals surface area contributed by atoms with Gasteiger partial charge in [0.25, 0.3) is 0 Å². The first-order chi connectivity index (χ1) is 9.75. The molecule has 0 radical (unpaired) electrons. The molecule has 4 atom stereocenters. The Bertz CT molecular complexity index is 354. The molecule has 1 saturated heterocycles. The molecule has 2 aliphatic rings. The average molecular weight is 306 g/mol. The summed E-state index contributed by atoms with van der Waals surface area (Å²) in [6.07, 6.45) is -0.758. The maximum atomic E-state index is 12.6. The highest BCUT2D eigenvalue weighted by molar-refractivity contribution is 5.82. The highest BCUT2D eigenvalue weighted by Crippen LogP contribution is 2.32. The lowest BCUT2D eigenvalue weighted by Gasteiger charge is -2.35. The second kappa shape index (κ2) is 6.55. The smallest absolute Gasteiger partial charge is 0.352 e. The van der Waals surface area contributed by atoms with Gasteiger partial charge in [-0.15, -0.1) is 0 Å².